The van der Waals surface area contributed by atoms with E-state index in [1.165, 1.54) is 10.9 Å². The third-order valence-electron chi connectivity index (χ3n) is 2.46. The SMILES string of the molecule is Nc1ccccc1N.c1ccc2[nH]ccc2c1. The van der Waals surface area contributed by atoms with Gasteiger partial charge < -0.3 is 16.5 Å². The van der Waals surface area contributed by atoms with Gasteiger partial charge in [0, 0.05) is 11.7 Å². The predicted octanol–water partition coefficient (Wildman–Crippen LogP) is 3.02. The molecule has 3 heteroatoms. The van der Waals surface area contributed by atoms with Crippen molar-refractivity contribution in [2.75, 3.05) is 11.5 Å². The Bertz CT molecular complexity index is 548. The van der Waals surface area contributed by atoms with E-state index < -0.39 is 0 Å². The van der Waals surface area contributed by atoms with Gasteiger partial charge in [0.05, 0.1) is 11.4 Å². The molecule has 5 N–H and O–H groups in total. The maximum absolute atomic E-state index is 5.39. The Balaban J connectivity index is 0.000000128. The molecule has 17 heavy (non-hydrogen) atoms. The molecule has 3 rings (SSSR count). The Hall–Kier alpha value is -2.42. The average Bonchev–Trinajstić information content (AvgIpc) is 2.82. The highest BCUT2D eigenvalue weighted by atomic mass is 14.7. The lowest BCUT2D eigenvalue weighted by Gasteiger charge is -1.94. The molecule has 3 nitrogen and oxygen atoms in total. The van der Waals surface area contributed by atoms with Crippen LogP contribution in [0.3, 0.4) is 0 Å². The van der Waals surface area contributed by atoms with Gasteiger partial charge in [-0.3, -0.25) is 0 Å². The summed E-state index contributed by atoms with van der Waals surface area (Å²) in [6.45, 7) is 0. The number of benzene rings is 2. The van der Waals surface area contributed by atoms with Crippen LogP contribution in [0.1, 0.15) is 0 Å². The second-order valence-corrected chi connectivity index (χ2v) is 3.69. The number of hydrogen-bond donors (Lipinski definition) is 3. The van der Waals surface area contributed by atoms with Crippen LogP contribution in [0.5, 0.6) is 0 Å². The highest BCUT2D eigenvalue weighted by molar-refractivity contribution is 5.78. The molecule has 1 heterocycles. The topological polar surface area (TPSA) is 67.8 Å². The van der Waals surface area contributed by atoms with Crippen molar-refractivity contribution in [2.45, 2.75) is 0 Å². The molecule has 86 valence electrons. The minimum Gasteiger partial charge on any atom is -0.397 e. The Kier molecular flexibility index (Phi) is 3.31. The highest BCUT2D eigenvalue weighted by Crippen LogP contribution is 2.10. The van der Waals surface area contributed by atoms with Crippen LogP contribution in [0.25, 0.3) is 10.9 Å². The predicted molar refractivity (Wildman–Crippen MR) is 73.6 cm³/mol. The molecule has 0 amide bonds. The number of H-pyrrole nitrogens is 1. The molecular weight excluding hydrogens is 210 g/mol. The van der Waals surface area contributed by atoms with Gasteiger partial charge >= 0.3 is 0 Å². The summed E-state index contributed by atoms with van der Waals surface area (Å²) in [5.41, 5.74) is 13.3. The van der Waals surface area contributed by atoms with Crippen LogP contribution in [0, 0.1) is 0 Å². The molecule has 0 saturated carbocycles. The van der Waals surface area contributed by atoms with Crippen LogP contribution in [-0.2, 0) is 0 Å². The van der Waals surface area contributed by atoms with Crippen molar-refractivity contribution in [1.29, 1.82) is 0 Å². The number of fused-ring (bicyclic) bond motifs is 1. The van der Waals surface area contributed by atoms with Crippen molar-refractivity contribution < 1.29 is 0 Å². The molecule has 0 saturated heterocycles. The average molecular weight is 225 g/mol. The van der Waals surface area contributed by atoms with Gasteiger partial charge in [-0.2, -0.15) is 0 Å². The summed E-state index contributed by atoms with van der Waals surface area (Å²) >= 11 is 0. The molecular formula is C14H15N3. The fourth-order valence-electron chi connectivity index (χ4n) is 1.51. The van der Waals surface area contributed by atoms with Crippen LogP contribution < -0.4 is 11.5 Å². The molecule has 3 aromatic rings. The van der Waals surface area contributed by atoms with E-state index in [-0.39, 0.29) is 0 Å². The second kappa shape index (κ2) is 5.07. The van der Waals surface area contributed by atoms with Gasteiger partial charge in [-0.05, 0) is 29.7 Å². The number of nitrogens with one attached hydrogen (secondary N) is 1. The van der Waals surface area contributed by atoms with Gasteiger partial charge in [0.25, 0.3) is 0 Å². The molecule has 2 aromatic carbocycles. The van der Waals surface area contributed by atoms with E-state index in [9.17, 15) is 0 Å². The molecule has 0 spiro atoms. The number of hydrogen-bond acceptors (Lipinski definition) is 2. The van der Waals surface area contributed by atoms with Crippen molar-refractivity contribution in [1.82, 2.24) is 4.98 Å². The summed E-state index contributed by atoms with van der Waals surface area (Å²) in [7, 11) is 0. The number of nitrogen functional groups attached to an aromatic ring is 2. The third kappa shape index (κ3) is 2.78. The normalized spacial score (nSPS) is 9.65. The van der Waals surface area contributed by atoms with Crippen molar-refractivity contribution in [3.05, 3.63) is 60.8 Å². The Labute approximate surface area is 100 Å². The van der Waals surface area contributed by atoms with E-state index in [2.05, 4.69) is 23.2 Å². The number of nitrogens with two attached hydrogens (primary N) is 2. The van der Waals surface area contributed by atoms with Crippen LogP contribution >= 0.6 is 0 Å². The van der Waals surface area contributed by atoms with Crippen LogP contribution in [0.4, 0.5) is 11.4 Å². The summed E-state index contributed by atoms with van der Waals surface area (Å²) in [6, 6.07) is 17.5. The first-order valence-corrected chi connectivity index (χ1v) is 5.39. The molecule has 0 atom stereocenters. The molecule has 0 aliphatic heterocycles. The monoisotopic (exact) mass is 225 g/mol. The van der Waals surface area contributed by atoms with Gasteiger partial charge in [-0.1, -0.05) is 30.3 Å². The number of aromatic amines is 1. The zero-order valence-electron chi connectivity index (χ0n) is 9.43. The maximum atomic E-state index is 5.39. The van der Waals surface area contributed by atoms with Crippen molar-refractivity contribution in [3.63, 3.8) is 0 Å². The van der Waals surface area contributed by atoms with Crippen LogP contribution in [0.2, 0.25) is 0 Å². The summed E-state index contributed by atoms with van der Waals surface area (Å²) in [6.07, 6.45) is 1.95. The van der Waals surface area contributed by atoms with Gasteiger partial charge in [-0.15, -0.1) is 0 Å². The Morgan fingerprint density at radius 3 is 1.88 bits per heavy atom. The molecule has 0 unspecified atom stereocenters. The fraction of sp³-hybridized carbons (Fsp3) is 0. The standard InChI is InChI=1S/C8H7N.C6H8N2/c1-2-4-8-7(3-1)5-6-9-8;7-5-3-1-2-4-6(5)8/h1-6,9H;1-4H,7-8H2. The second-order valence-electron chi connectivity index (χ2n) is 3.69. The molecule has 0 radical (unpaired) electrons. The number of rotatable bonds is 0. The summed E-state index contributed by atoms with van der Waals surface area (Å²) in [4.78, 5) is 3.12. The largest absolute Gasteiger partial charge is 0.397 e. The molecule has 0 fully saturated rings. The minimum absolute atomic E-state index is 0.646. The van der Waals surface area contributed by atoms with Gasteiger partial charge in [0.2, 0.25) is 0 Å². The summed E-state index contributed by atoms with van der Waals surface area (Å²) < 4.78 is 0. The lowest BCUT2D eigenvalue weighted by molar-refractivity contribution is 1.48. The first-order chi connectivity index (χ1) is 8.27. The fourth-order valence-corrected chi connectivity index (χ4v) is 1.51. The molecule has 0 aliphatic rings. The van der Waals surface area contributed by atoms with Gasteiger partial charge in [0.1, 0.15) is 0 Å². The lowest BCUT2D eigenvalue weighted by atomic mass is 10.3. The number of para-hydroxylation sites is 3. The number of anilines is 2. The first kappa shape index (κ1) is 11.1. The van der Waals surface area contributed by atoms with E-state index in [1.807, 2.05) is 30.5 Å². The van der Waals surface area contributed by atoms with Crippen LogP contribution in [-0.4, -0.2) is 4.98 Å². The van der Waals surface area contributed by atoms with Crippen molar-refractivity contribution >= 4 is 22.3 Å². The summed E-state index contributed by atoms with van der Waals surface area (Å²) in [5, 5.41) is 1.28. The molecule has 0 aliphatic carbocycles. The highest BCUT2D eigenvalue weighted by Gasteiger charge is 1.87. The van der Waals surface area contributed by atoms with Crippen molar-refractivity contribution in [2.24, 2.45) is 0 Å². The smallest absolute Gasteiger partial charge is 0.0547 e. The number of aromatic nitrogens is 1. The van der Waals surface area contributed by atoms with E-state index in [1.54, 1.807) is 12.1 Å². The first-order valence-electron chi connectivity index (χ1n) is 5.39. The summed E-state index contributed by atoms with van der Waals surface area (Å²) in [5.74, 6) is 0. The minimum atomic E-state index is 0.646. The lowest BCUT2D eigenvalue weighted by Crippen LogP contribution is -1.91. The van der Waals surface area contributed by atoms with Crippen LogP contribution in [0.15, 0.2) is 60.8 Å². The zero-order chi connectivity index (χ0) is 12.1. The van der Waals surface area contributed by atoms with Crippen molar-refractivity contribution in [3.8, 4) is 0 Å². The zero-order valence-corrected chi connectivity index (χ0v) is 9.43. The maximum Gasteiger partial charge on any atom is 0.0547 e. The van der Waals surface area contributed by atoms with E-state index in [0.29, 0.717) is 11.4 Å². The van der Waals surface area contributed by atoms with E-state index >= 15 is 0 Å². The Morgan fingerprint density at radius 1 is 0.706 bits per heavy atom. The Morgan fingerprint density at radius 2 is 1.29 bits per heavy atom. The van der Waals surface area contributed by atoms with Gasteiger partial charge in [0.15, 0.2) is 0 Å². The van der Waals surface area contributed by atoms with Gasteiger partial charge in [-0.25, -0.2) is 0 Å². The quantitative estimate of drug-likeness (QED) is 0.515. The molecule has 0 bridgehead atoms. The van der Waals surface area contributed by atoms with E-state index in [0.717, 1.165) is 0 Å². The van der Waals surface area contributed by atoms with E-state index in [4.69, 9.17) is 11.5 Å². The third-order valence-corrected chi connectivity index (χ3v) is 2.46. The molecule has 1 aromatic heterocycles.